The molecular weight excluding hydrogens is 501 g/mol. The highest BCUT2D eigenvalue weighted by molar-refractivity contribution is 6.30. The van der Waals surface area contributed by atoms with E-state index in [9.17, 15) is 14.0 Å². The Bertz CT molecular complexity index is 1430. The summed E-state index contributed by atoms with van der Waals surface area (Å²) >= 11 is 6.21. The van der Waals surface area contributed by atoms with Gasteiger partial charge in [-0.05, 0) is 83.3 Å². The Labute approximate surface area is 227 Å². The molecule has 0 spiro atoms. The fourth-order valence-electron chi connectivity index (χ4n) is 5.10. The molecule has 0 fully saturated rings. The van der Waals surface area contributed by atoms with Gasteiger partial charge in [0.05, 0.1) is 6.42 Å². The molecule has 0 bridgehead atoms. The summed E-state index contributed by atoms with van der Waals surface area (Å²) in [6.07, 6.45) is 1.69. The van der Waals surface area contributed by atoms with E-state index in [-0.39, 0.29) is 36.5 Å². The molecule has 4 aromatic carbocycles. The molecule has 0 aliphatic rings. The number of aliphatic carboxylic acids is 1. The largest absolute Gasteiger partial charge is 0.481 e. The van der Waals surface area contributed by atoms with E-state index in [1.165, 1.54) is 0 Å². The number of benzene rings is 4. The summed E-state index contributed by atoms with van der Waals surface area (Å²) in [5, 5.41) is 13.6. The SMILES string of the molecule is CCCC(c1ccc(C(=O)NCCC(=O)O)cc1)C(c1ccc(Cl)cc1)c1ccc2cc(C)cc(F)c2c1. The molecule has 0 aromatic heterocycles. The van der Waals surface area contributed by atoms with Crippen molar-refractivity contribution in [3.8, 4) is 0 Å². The molecule has 2 atom stereocenters. The predicted molar refractivity (Wildman–Crippen MR) is 151 cm³/mol. The number of carboxylic acids is 1. The first kappa shape index (κ1) is 27.3. The lowest BCUT2D eigenvalue weighted by Crippen LogP contribution is -2.26. The monoisotopic (exact) mass is 531 g/mol. The van der Waals surface area contributed by atoms with Crippen LogP contribution in [0.3, 0.4) is 0 Å². The van der Waals surface area contributed by atoms with Crippen molar-refractivity contribution >= 4 is 34.2 Å². The molecule has 1 amide bonds. The van der Waals surface area contributed by atoms with Gasteiger partial charge in [0.1, 0.15) is 5.82 Å². The number of carbonyl (C=O) groups excluding carboxylic acids is 1. The summed E-state index contributed by atoms with van der Waals surface area (Å²) in [6.45, 7) is 4.10. The average Bonchev–Trinajstić information content (AvgIpc) is 2.89. The second-order valence-corrected chi connectivity index (χ2v) is 10.1. The molecule has 0 aliphatic heterocycles. The number of rotatable bonds is 10. The zero-order chi connectivity index (χ0) is 27.2. The van der Waals surface area contributed by atoms with E-state index in [1.54, 1.807) is 18.2 Å². The van der Waals surface area contributed by atoms with E-state index < -0.39 is 5.97 Å². The fraction of sp³-hybridized carbons (Fsp3) is 0.250. The normalized spacial score (nSPS) is 12.7. The topological polar surface area (TPSA) is 66.4 Å². The number of nitrogens with one attached hydrogen (secondary N) is 1. The van der Waals surface area contributed by atoms with E-state index in [2.05, 4.69) is 18.3 Å². The van der Waals surface area contributed by atoms with Gasteiger partial charge in [-0.1, -0.05) is 67.4 Å². The number of hydrogen-bond donors (Lipinski definition) is 2. The minimum atomic E-state index is -0.958. The predicted octanol–water partition coefficient (Wildman–Crippen LogP) is 7.86. The first-order chi connectivity index (χ1) is 18.3. The molecule has 0 radical (unpaired) electrons. The fourth-order valence-corrected chi connectivity index (χ4v) is 5.22. The van der Waals surface area contributed by atoms with E-state index in [0.29, 0.717) is 16.0 Å². The molecule has 38 heavy (non-hydrogen) atoms. The lowest BCUT2D eigenvalue weighted by molar-refractivity contribution is -0.136. The summed E-state index contributed by atoms with van der Waals surface area (Å²) in [6, 6.07) is 24.8. The Hall–Kier alpha value is -3.70. The standard InChI is InChI=1S/C32H31ClFNO3/c1-3-4-27(21-5-7-23(8-6-21)32(38)35-16-15-30(36)37)31(22-11-13-26(33)14-12-22)25-10-9-24-17-20(2)18-29(34)28(24)19-25/h5-14,17-19,27,31H,3-4,15-16H2,1-2H3,(H,35,38)(H,36,37). The maximum atomic E-state index is 15.0. The minimum absolute atomic E-state index is 0.0624. The van der Waals surface area contributed by atoms with Crippen LogP contribution in [0.1, 0.15) is 70.6 Å². The van der Waals surface area contributed by atoms with Crippen LogP contribution in [0.4, 0.5) is 4.39 Å². The van der Waals surface area contributed by atoms with Crippen LogP contribution in [0, 0.1) is 12.7 Å². The van der Waals surface area contributed by atoms with Crippen LogP contribution in [-0.2, 0) is 4.79 Å². The van der Waals surface area contributed by atoms with Crippen molar-refractivity contribution in [2.24, 2.45) is 0 Å². The van der Waals surface area contributed by atoms with Gasteiger partial charge in [-0.2, -0.15) is 0 Å². The van der Waals surface area contributed by atoms with Crippen LogP contribution in [0.5, 0.6) is 0 Å². The van der Waals surface area contributed by atoms with Gasteiger partial charge in [0.2, 0.25) is 0 Å². The Balaban J connectivity index is 1.74. The molecule has 2 unspecified atom stereocenters. The molecule has 0 saturated heterocycles. The number of carbonyl (C=O) groups is 2. The lowest BCUT2D eigenvalue weighted by atomic mass is 9.74. The van der Waals surface area contributed by atoms with Crippen molar-refractivity contribution in [2.45, 2.75) is 44.9 Å². The third-order valence-corrected chi connectivity index (χ3v) is 7.14. The number of carboxylic acid groups (broad SMARTS) is 1. The molecule has 2 N–H and O–H groups in total. The number of amides is 1. The van der Waals surface area contributed by atoms with Crippen LogP contribution in [0.25, 0.3) is 10.8 Å². The molecule has 4 aromatic rings. The first-order valence-electron chi connectivity index (χ1n) is 12.8. The van der Waals surface area contributed by atoms with Gasteiger partial charge in [0.25, 0.3) is 5.91 Å². The second-order valence-electron chi connectivity index (χ2n) is 9.67. The third-order valence-electron chi connectivity index (χ3n) is 6.89. The van der Waals surface area contributed by atoms with E-state index in [4.69, 9.17) is 16.7 Å². The van der Waals surface area contributed by atoms with E-state index in [1.807, 2.05) is 61.5 Å². The highest BCUT2D eigenvalue weighted by atomic mass is 35.5. The first-order valence-corrected chi connectivity index (χ1v) is 13.2. The van der Waals surface area contributed by atoms with Gasteiger partial charge in [-0.15, -0.1) is 0 Å². The van der Waals surface area contributed by atoms with E-state index >= 15 is 0 Å². The van der Waals surface area contributed by atoms with E-state index in [0.717, 1.165) is 40.5 Å². The summed E-state index contributed by atoms with van der Waals surface area (Å²) in [5.41, 5.74) is 4.51. The molecule has 6 heteroatoms. The summed E-state index contributed by atoms with van der Waals surface area (Å²) in [7, 11) is 0. The number of hydrogen-bond acceptors (Lipinski definition) is 2. The minimum Gasteiger partial charge on any atom is -0.481 e. The molecular formula is C32H31ClFNO3. The maximum absolute atomic E-state index is 15.0. The molecule has 0 saturated carbocycles. The Morgan fingerprint density at radius 2 is 1.58 bits per heavy atom. The summed E-state index contributed by atoms with van der Waals surface area (Å²) in [4.78, 5) is 23.2. The second kappa shape index (κ2) is 12.2. The van der Waals surface area contributed by atoms with Crippen LogP contribution < -0.4 is 5.32 Å². The van der Waals surface area contributed by atoms with Crippen LogP contribution >= 0.6 is 11.6 Å². The van der Waals surface area contributed by atoms with Gasteiger partial charge < -0.3 is 10.4 Å². The molecule has 0 aliphatic carbocycles. The van der Waals surface area contributed by atoms with Gasteiger partial charge in [-0.25, -0.2) is 4.39 Å². The summed E-state index contributed by atoms with van der Waals surface area (Å²) in [5.74, 6) is -1.50. The number of aryl methyl sites for hydroxylation is 1. The quantitative estimate of drug-likeness (QED) is 0.219. The number of halogens is 2. The molecule has 4 rings (SSSR count). The van der Waals surface area contributed by atoms with Crippen LogP contribution in [0.15, 0.2) is 78.9 Å². The zero-order valence-corrected chi connectivity index (χ0v) is 22.3. The van der Waals surface area contributed by atoms with Crippen molar-refractivity contribution in [1.29, 1.82) is 0 Å². The summed E-state index contributed by atoms with van der Waals surface area (Å²) < 4.78 is 15.0. The van der Waals surface area contributed by atoms with Crippen LogP contribution in [-0.4, -0.2) is 23.5 Å². The van der Waals surface area contributed by atoms with Crippen molar-refractivity contribution in [2.75, 3.05) is 6.54 Å². The average molecular weight is 532 g/mol. The Kier molecular flexibility index (Phi) is 8.80. The van der Waals surface area contributed by atoms with Gasteiger partial charge in [-0.3, -0.25) is 9.59 Å². The molecule has 4 nitrogen and oxygen atoms in total. The van der Waals surface area contributed by atoms with Crippen molar-refractivity contribution < 1.29 is 19.1 Å². The lowest BCUT2D eigenvalue weighted by Gasteiger charge is -2.29. The third kappa shape index (κ3) is 6.40. The van der Waals surface area contributed by atoms with Crippen molar-refractivity contribution in [3.05, 3.63) is 118 Å². The zero-order valence-electron chi connectivity index (χ0n) is 21.5. The Morgan fingerprint density at radius 1 is 0.921 bits per heavy atom. The molecule has 196 valence electrons. The molecule has 0 heterocycles. The number of fused-ring (bicyclic) bond motifs is 1. The van der Waals surface area contributed by atoms with Crippen molar-refractivity contribution in [1.82, 2.24) is 5.32 Å². The highest BCUT2D eigenvalue weighted by Gasteiger charge is 2.27. The van der Waals surface area contributed by atoms with Crippen molar-refractivity contribution in [3.63, 3.8) is 0 Å². The Morgan fingerprint density at radius 3 is 2.24 bits per heavy atom. The van der Waals surface area contributed by atoms with Gasteiger partial charge >= 0.3 is 5.97 Å². The smallest absolute Gasteiger partial charge is 0.305 e. The van der Waals surface area contributed by atoms with Gasteiger partial charge in [0.15, 0.2) is 0 Å². The maximum Gasteiger partial charge on any atom is 0.305 e. The highest BCUT2D eigenvalue weighted by Crippen LogP contribution is 2.42. The van der Waals surface area contributed by atoms with Gasteiger partial charge in [0, 0.05) is 28.4 Å². The van der Waals surface area contributed by atoms with Crippen LogP contribution in [0.2, 0.25) is 5.02 Å².